The number of halogens is 1. The first kappa shape index (κ1) is 21.2. The number of fused-ring (bicyclic) bond motifs is 3. The zero-order chi connectivity index (χ0) is 22.9. The molecule has 1 aliphatic rings. The van der Waals surface area contributed by atoms with E-state index in [2.05, 4.69) is 30.9 Å². The zero-order valence-electron chi connectivity index (χ0n) is 17.8. The lowest BCUT2D eigenvalue weighted by atomic mass is 10.0. The van der Waals surface area contributed by atoms with Gasteiger partial charge in [0.05, 0.1) is 41.4 Å². The third-order valence-electron chi connectivity index (χ3n) is 5.77. The van der Waals surface area contributed by atoms with Crippen LogP contribution in [-0.2, 0) is 16.0 Å². The first-order chi connectivity index (χ1) is 16.0. The Morgan fingerprint density at radius 1 is 1.30 bits per heavy atom. The molecule has 1 amide bonds. The van der Waals surface area contributed by atoms with Crippen LogP contribution in [0.3, 0.4) is 0 Å². The van der Waals surface area contributed by atoms with Gasteiger partial charge in [0.15, 0.2) is 11.0 Å². The van der Waals surface area contributed by atoms with Crippen LogP contribution in [-0.4, -0.2) is 43.1 Å². The summed E-state index contributed by atoms with van der Waals surface area (Å²) in [6.07, 6.45) is 6.32. The predicted molar refractivity (Wildman–Crippen MR) is 123 cm³/mol. The van der Waals surface area contributed by atoms with Crippen molar-refractivity contribution >= 4 is 45.3 Å². The summed E-state index contributed by atoms with van der Waals surface area (Å²) in [5.41, 5.74) is 2.86. The number of amides is 1. The molecule has 1 saturated heterocycles. The lowest BCUT2D eigenvalue weighted by Crippen LogP contribution is -2.27. The average molecular weight is 462 g/mol. The number of carbonyl (C=O) groups excluding carboxylic acids is 1. The second kappa shape index (κ2) is 8.73. The van der Waals surface area contributed by atoms with Crippen LogP contribution in [0.4, 0.5) is 5.82 Å². The highest BCUT2D eigenvalue weighted by Crippen LogP contribution is 2.34. The van der Waals surface area contributed by atoms with Crippen LogP contribution in [0.2, 0.25) is 5.15 Å². The van der Waals surface area contributed by atoms with Crippen molar-refractivity contribution in [1.29, 1.82) is 5.26 Å². The summed E-state index contributed by atoms with van der Waals surface area (Å²) in [5.74, 6) is 0.514. The summed E-state index contributed by atoms with van der Waals surface area (Å²) in [7, 11) is 0. The van der Waals surface area contributed by atoms with E-state index in [0.29, 0.717) is 23.5 Å². The van der Waals surface area contributed by atoms with E-state index in [9.17, 15) is 10.1 Å². The number of carbonyl (C=O) groups is 1. The second-order valence-electron chi connectivity index (χ2n) is 8.01. The molecule has 4 heterocycles. The standard InChI is InChI=1S/C23H20ClN7O2/c1-13-8-15(4-7-33-13)31-19(10-20(32)30-23-22(24)26-5-6-27-23)29-18-12-28-17-3-2-14(11-25)9-16(17)21(18)31/h2-3,5-6,9,12-13,15H,4,7-8,10H2,1H3,(H,27,30,32)/t13-,15-/m1/s1. The zero-order valence-corrected chi connectivity index (χ0v) is 18.6. The molecule has 5 rings (SSSR count). The molecule has 1 N–H and O–H groups in total. The van der Waals surface area contributed by atoms with Gasteiger partial charge in [-0.1, -0.05) is 11.6 Å². The minimum absolute atomic E-state index is 0.0206. The number of pyridine rings is 1. The Morgan fingerprint density at radius 3 is 2.94 bits per heavy atom. The Bertz CT molecular complexity index is 1410. The molecule has 0 bridgehead atoms. The highest BCUT2D eigenvalue weighted by molar-refractivity contribution is 6.32. The van der Waals surface area contributed by atoms with E-state index in [0.717, 1.165) is 29.3 Å². The summed E-state index contributed by atoms with van der Waals surface area (Å²) in [6.45, 7) is 2.67. The van der Waals surface area contributed by atoms with Gasteiger partial charge in [0.25, 0.3) is 0 Å². The van der Waals surface area contributed by atoms with Gasteiger partial charge in [0.1, 0.15) is 11.3 Å². The van der Waals surface area contributed by atoms with Crippen LogP contribution in [0.1, 0.15) is 37.2 Å². The van der Waals surface area contributed by atoms with Crippen LogP contribution < -0.4 is 5.32 Å². The number of imidazole rings is 1. The smallest absolute Gasteiger partial charge is 0.233 e. The molecular formula is C23H20ClN7O2. The van der Waals surface area contributed by atoms with Crippen molar-refractivity contribution in [1.82, 2.24) is 24.5 Å². The Morgan fingerprint density at radius 2 is 2.15 bits per heavy atom. The Kier molecular flexibility index (Phi) is 5.62. The molecule has 9 nitrogen and oxygen atoms in total. The SMILES string of the molecule is C[C@@H]1C[C@H](n2c(CC(=O)Nc3nccnc3Cl)nc3cnc4ccc(C#N)cc4c32)CCO1. The number of hydrogen-bond donors (Lipinski definition) is 1. The number of rotatable bonds is 4. The van der Waals surface area contributed by atoms with Gasteiger partial charge in [0, 0.05) is 30.4 Å². The maximum atomic E-state index is 12.9. The molecule has 2 atom stereocenters. The highest BCUT2D eigenvalue weighted by atomic mass is 35.5. The normalized spacial score (nSPS) is 18.3. The van der Waals surface area contributed by atoms with Gasteiger partial charge in [-0.05, 0) is 38.0 Å². The highest BCUT2D eigenvalue weighted by Gasteiger charge is 2.27. The Hall–Kier alpha value is -3.61. The van der Waals surface area contributed by atoms with Crippen LogP contribution >= 0.6 is 11.6 Å². The quantitative estimate of drug-likeness (QED) is 0.490. The molecular weight excluding hydrogens is 442 g/mol. The number of benzene rings is 1. The molecule has 0 unspecified atom stereocenters. The van der Waals surface area contributed by atoms with Crippen LogP contribution in [0, 0.1) is 11.3 Å². The molecule has 0 aliphatic carbocycles. The maximum Gasteiger partial charge on any atom is 0.233 e. The summed E-state index contributed by atoms with van der Waals surface area (Å²) in [5, 5.41) is 13.1. The number of aromatic nitrogens is 5. The van der Waals surface area contributed by atoms with E-state index in [1.165, 1.54) is 12.4 Å². The molecule has 4 aromatic rings. The Labute approximate surface area is 194 Å². The molecule has 0 radical (unpaired) electrons. The van der Waals surface area contributed by atoms with Gasteiger partial charge in [0.2, 0.25) is 5.91 Å². The minimum Gasteiger partial charge on any atom is -0.378 e. The number of nitriles is 1. The minimum atomic E-state index is -0.302. The first-order valence-corrected chi connectivity index (χ1v) is 11.0. The van der Waals surface area contributed by atoms with E-state index in [1.54, 1.807) is 12.3 Å². The number of anilines is 1. The van der Waals surface area contributed by atoms with Crippen molar-refractivity contribution in [2.24, 2.45) is 0 Å². The molecule has 1 fully saturated rings. The summed E-state index contributed by atoms with van der Waals surface area (Å²) < 4.78 is 7.88. The fraction of sp³-hybridized carbons (Fsp3) is 0.304. The summed E-state index contributed by atoms with van der Waals surface area (Å²) >= 11 is 6.04. The van der Waals surface area contributed by atoms with E-state index in [-0.39, 0.29) is 35.4 Å². The average Bonchev–Trinajstić information content (AvgIpc) is 3.18. The van der Waals surface area contributed by atoms with E-state index >= 15 is 0 Å². The molecule has 0 spiro atoms. The van der Waals surface area contributed by atoms with Crippen molar-refractivity contribution in [2.45, 2.75) is 38.3 Å². The van der Waals surface area contributed by atoms with Crippen molar-refractivity contribution < 1.29 is 9.53 Å². The van der Waals surface area contributed by atoms with Crippen LogP contribution in [0.15, 0.2) is 36.8 Å². The van der Waals surface area contributed by atoms with Gasteiger partial charge >= 0.3 is 0 Å². The van der Waals surface area contributed by atoms with Gasteiger partial charge in [-0.15, -0.1) is 0 Å². The molecule has 33 heavy (non-hydrogen) atoms. The molecule has 10 heteroatoms. The summed E-state index contributed by atoms with van der Waals surface area (Å²) in [4.78, 5) is 30.2. The predicted octanol–water partition coefficient (Wildman–Crippen LogP) is 3.82. The maximum absolute atomic E-state index is 12.9. The topological polar surface area (TPSA) is 119 Å². The molecule has 1 aromatic carbocycles. The van der Waals surface area contributed by atoms with Crippen molar-refractivity contribution in [3.63, 3.8) is 0 Å². The third-order valence-corrected chi connectivity index (χ3v) is 6.05. The van der Waals surface area contributed by atoms with Gasteiger partial charge in [-0.3, -0.25) is 9.78 Å². The van der Waals surface area contributed by atoms with Gasteiger partial charge in [-0.2, -0.15) is 5.26 Å². The van der Waals surface area contributed by atoms with Gasteiger partial charge in [-0.25, -0.2) is 15.0 Å². The van der Waals surface area contributed by atoms with Crippen LogP contribution in [0.25, 0.3) is 21.9 Å². The van der Waals surface area contributed by atoms with E-state index in [4.69, 9.17) is 21.3 Å². The van der Waals surface area contributed by atoms with E-state index in [1.807, 2.05) is 19.1 Å². The van der Waals surface area contributed by atoms with E-state index < -0.39 is 0 Å². The molecule has 0 saturated carbocycles. The fourth-order valence-corrected chi connectivity index (χ4v) is 4.50. The second-order valence-corrected chi connectivity index (χ2v) is 8.37. The first-order valence-electron chi connectivity index (χ1n) is 10.6. The van der Waals surface area contributed by atoms with Gasteiger partial charge < -0.3 is 14.6 Å². The number of ether oxygens (including phenoxy) is 1. The van der Waals surface area contributed by atoms with Crippen molar-refractivity contribution in [3.05, 3.63) is 53.3 Å². The lowest BCUT2D eigenvalue weighted by Gasteiger charge is -2.30. The molecule has 1 aliphatic heterocycles. The number of hydrogen-bond acceptors (Lipinski definition) is 7. The Balaban J connectivity index is 1.62. The third kappa shape index (κ3) is 4.11. The number of nitrogens with one attached hydrogen (secondary N) is 1. The lowest BCUT2D eigenvalue weighted by molar-refractivity contribution is -0.115. The fourth-order valence-electron chi connectivity index (χ4n) is 4.35. The van der Waals surface area contributed by atoms with Crippen molar-refractivity contribution in [2.75, 3.05) is 11.9 Å². The monoisotopic (exact) mass is 461 g/mol. The summed E-state index contributed by atoms with van der Waals surface area (Å²) in [6, 6.07) is 7.70. The molecule has 166 valence electrons. The van der Waals surface area contributed by atoms with Crippen molar-refractivity contribution in [3.8, 4) is 6.07 Å². The molecule has 3 aromatic heterocycles. The largest absolute Gasteiger partial charge is 0.378 e. The van der Waals surface area contributed by atoms with Crippen LogP contribution in [0.5, 0.6) is 0 Å². The number of nitrogens with zero attached hydrogens (tertiary/aromatic N) is 6.